The number of rotatable bonds is 3. The molecule has 1 unspecified atom stereocenters. The van der Waals surface area contributed by atoms with Crippen LogP contribution in [0.5, 0.6) is 0 Å². The van der Waals surface area contributed by atoms with Crippen LogP contribution >= 0.6 is 22.7 Å². The molecule has 0 saturated carbocycles. The van der Waals surface area contributed by atoms with E-state index in [1.54, 1.807) is 22.3 Å². The highest BCUT2D eigenvalue weighted by atomic mass is 32.1. The zero-order valence-electron chi connectivity index (χ0n) is 13.8. The smallest absolute Gasteiger partial charge is 0.318 e. The highest BCUT2D eigenvalue weighted by molar-refractivity contribution is 7.18. The Labute approximate surface area is 158 Å². The molecule has 132 valence electrons. The van der Waals surface area contributed by atoms with Gasteiger partial charge in [0.25, 0.3) is 0 Å². The monoisotopic (exact) mass is 384 g/mol. The minimum Gasteiger partial charge on any atom is -0.377 e. The Morgan fingerprint density at radius 1 is 1.35 bits per heavy atom. The molecule has 0 bridgehead atoms. The number of nitrogens with one attached hydrogen (secondary N) is 1. The summed E-state index contributed by atoms with van der Waals surface area (Å²) >= 11 is 2.99. The normalized spacial score (nSPS) is 17.2. The molecule has 0 spiro atoms. The van der Waals surface area contributed by atoms with Crippen molar-refractivity contribution in [1.82, 2.24) is 15.2 Å². The van der Waals surface area contributed by atoms with E-state index < -0.39 is 0 Å². The van der Waals surface area contributed by atoms with Crippen molar-refractivity contribution in [3.63, 3.8) is 0 Å². The number of carbonyl (C=O) groups is 1. The van der Waals surface area contributed by atoms with Gasteiger partial charge in [0.05, 0.1) is 30.0 Å². The number of amides is 2. The van der Waals surface area contributed by atoms with Gasteiger partial charge in [-0.15, -0.1) is 22.7 Å². The maximum absolute atomic E-state index is 12.7. The number of ether oxygens (including phenoxy) is 1. The van der Waals surface area contributed by atoms with Gasteiger partial charge in [-0.2, -0.15) is 5.26 Å². The predicted molar refractivity (Wildman–Crippen MR) is 101 cm³/mol. The van der Waals surface area contributed by atoms with Crippen LogP contribution in [0.4, 0.5) is 4.79 Å². The van der Waals surface area contributed by atoms with E-state index in [0.29, 0.717) is 31.2 Å². The third-order valence-corrected chi connectivity index (χ3v) is 6.30. The second-order valence-corrected chi connectivity index (χ2v) is 8.07. The number of morpholine rings is 1. The van der Waals surface area contributed by atoms with E-state index in [1.807, 2.05) is 30.3 Å². The summed E-state index contributed by atoms with van der Waals surface area (Å²) in [6, 6.07) is 13.4. The summed E-state index contributed by atoms with van der Waals surface area (Å²) in [5, 5.41) is 12.7. The zero-order valence-corrected chi connectivity index (χ0v) is 15.5. The quantitative estimate of drug-likeness (QED) is 0.749. The van der Waals surface area contributed by atoms with Gasteiger partial charge in [0.15, 0.2) is 0 Å². The summed E-state index contributed by atoms with van der Waals surface area (Å²) in [6.07, 6.45) is 0. The molecule has 1 atom stereocenters. The molecule has 1 fully saturated rings. The summed E-state index contributed by atoms with van der Waals surface area (Å²) in [5.41, 5.74) is 0.945. The first-order valence-electron chi connectivity index (χ1n) is 8.21. The van der Waals surface area contributed by atoms with Crippen molar-refractivity contribution in [3.8, 4) is 6.07 Å². The standard InChI is InChI=1S/C18H16N4O2S2/c19-9-12-5-6-13(25-12)10-20-18(23)22-7-8-24-11-15(22)17-21-14-3-1-2-4-16(14)26-17/h1-6,15H,7-8,10-11H2,(H,20,23). The summed E-state index contributed by atoms with van der Waals surface area (Å²) in [7, 11) is 0. The predicted octanol–water partition coefficient (Wildman–Crippen LogP) is 3.51. The second-order valence-electron chi connectivity index (χ2n) is 5.84. The number of aromatic nitrogens is 1. The zero-order chi connectivity index (χ0) is 17.9. The second kappa shape index (κ2) is 7.41. The number of carbonyl (C=O) groups excluding carboxylic acids is 1. The van der Waals surface area contributed by atoms with Crippen LogP contribution in [-0.2, 0) is 11.3 Å². The Kier molecular flexibility index (Phi) is 4.84. The Hall–Kier alpha value is -2.47. The first-order chi connectivity index (χ1) is 12.7. The van der Waals surface area contributed by atoms with E-state index in [4.69, 9.17) is 10.00 Å². The topological polar surface area (TPSA) is 78.2 Å². The third-order valence-electron chi connectivity index (χ3n) is 4.17. The number of hydrogen-bond donors (Lipinski definition) is 1. The minimum absolute atomic E-state index is 0.135. The molecule has 1 saturated heterocycles. The van der Waals surface area contributed by atoms with Gasteiger partial charge in [0.2, 0.25) is 0 Å². The van der Waals surface area contributed by atoms with Crippen molar-refractivity contribution in [2.24, 2.45) is 0 Å². The van der Waals surface area contributed by atoms with Crippen molar-refractivity contribution in [3.05, 3.63) is 51.2 Å². The van der Waals surface area contributed by atoms with Crippen LogP contribution in [0.15, 0.2) is 36.4 Å². The van der Waals surface area contributed by atoms with Gasteiger partial charge in [-0.25, -0.2) is 9.78 Å². The molecule has 3 heterocycles. The van der Waals surface area contributed by atoms with E-state index in [1.165, 1.54) is 11.3 Å². The van der Waals surface area contributed by atoms with Crippen molar-refractivity contribution in [1.29, 1.82) is 5.26 Å². The minimum atomic E-state index is -0.181. The first-order valence-corrected chi connectivity index (χ1v) is 9.84. The molecule has 4 rings (SSSR count). The summed E-state index contributed by atoms with van der Waals surface area (Å²) < 4.78 is 6.71. The van der Waals surface area contributed by atoms with Crippen molar-refractivity contribution >= 4 is 38.9 Å². The number of para-hydroxylation sites is 1. The average molecular weight is 384 g/mol. The molecule has 1 aromatic carbocycles. The van der Waals surface area contributed by atoms with Crippen molar-refractivity contribution in [2.45, 2.75) is 12.6 Å². The maximum Gasteiger partial charge on any atom is 0.318 e. The lowest BCUT2D eigenvalue weighted by Gasteiger charge is -2.34. The lowest BCUT2D eigenvalue weighted by atomic mass is 10.2. The van der Waals surface area contributed by atoms with Gasteiger partial charge < -0.3 is 15.0 Å². The number of nitrogens with zero attached hydrogens (tertiary/aromatic N) is 3. The van der Waals surface area contributed by atoms with Crippen LogP contribution in [0, 0.1) is 11.3 Å². The van der Waals surface area contributed by atoms with Crippen LogP contribution in [0.1, 0.15) is 20.8 Å². The number of nitriles is 1. The van der Waals surface area contributed by atoms with Crippen molar-refractivity contribution in [2.75, 3.05) is 19.8 Å². The number of thiazole rings is 1. The Balaban J connectivity index is 1.49. The first kappa shape index (κ1) is 17.0. The maximum atomic E-state index is 12.7. The molecule has 2 aromatic heterocycles. The summed E-state index contributed by atoms with van der Waals surface area (Å²) in [5.74, 6) is 0. The van der Waals surface area contributed by atoms with Gasteiger partial charge in [-0.3, -0.25) is 0 Å². The SMILES string of the molecule is N#Cc1ccc(CNC(=O)N2CCOCC2c2nc3ccccc3s2)s1. The number of thiophene rings is 1. The number of urea groups is 1. The highest BCUT2D eigenvalue weighted by Crippen LogP contribution is 2.31. The fraction of sp³-hybridized carbons (Fsp3) is 0.278. The molecule has 6 nitrogen and oxygen atoms in total. The van der Waals surface area contributed by atoms with Gasteiger partial charge in [0, 0.05) is 11.4 Å². The summed E-state index contributed by atoms with van der Waals surface area (Å²) in [6.45, 7) is 1.91. The number of fused-ring (bicyclic) bond motifs is 1. The molecule has 1 aliphatic rings. The van der Waals surface area contributed by atoms with Crippen LogP contribution in [0.25, 0.3) is 10.2 Å². The fourth-order valence-corrected chi connectivity index (χ4v) is 4.69. The summed E-state index contributed by atoms with van der Waals surface area (Å²) in [4.78, 5) is 20.8. The lowest BCUT2D eigenvalue weighted by molar-refractivity contribution is 0.0116. The largest absolute Gasteiger partial charge is 0.377 e. The molecule has 1 N–H and O–H groups in total. The van der Waals surface area contributed by atoms with E-state index in [-0.39, 0.29) is 12.1 Å². The highest BCUT2D eigenvalue weighted by Gasteiger charge is 2.31. The number of benzene rings is 1. The fourth-order valence-electron chi connectivity index (χ4n) is 2.88. The van der Waals surface area contributed by atoms with E-state index in [0.717, 1.165) is 20.1 Å². The van der Waals surface area contributed by atoms with Crippen LogP contribution in [0.3, 0.4) is 0 Å². The van der Waals surface area contributed by atoms with Gasteiger partial charge >= 0.3 is 6.03 Å². The Bertz CT molecular complexity index is 942. The van der Waals surface area contributed by atoms with E-state index in [9.17, 15) is 4.79 Å². The molecule has 26 heavy (non-hydrogen) atoms. The molecule has 1 aliphatic heterocycles. The molecule has 2 amide bonds. The molecule has 0 radical (unpaired) electrons. The number of hydrogen-bond acceptors (Lipinski definition) is 6. The van der Waals surface area contributed by atoms with Gasteiger partial charge in [-0.05, 0) is 24.3 Å². The van der Waals surface area contributed by atoms with Crippen LogP contribution < -0.4 is 5.32 Å². The van der Waals surface area contributed by atoms with Crippen molar-refractivity contribution < 1.29 is 9.53 Å². The molecular formula is C18H16N4O2S2. The molecule has 0 aliphatic carbocycles. The van der Waals surface area contributed by atoms with Gasteiger partial charge in [0.1, 0.15) is 22.0 Å². The van der Waals surface area contributed by atoms with Crippen LogP contribution in [-0.4, -0.2) is 35.7 Å². The Morgan fingerprint density at radius 2 is 2.23 bits per heavy atom. The van der Waals surface area contributed by atoms with E-state index >= 15 is 0 Å². The van der Waals surface area contributed by atoms with E-state index in [2.05, 4.69) is 16.4 Å². The molecule has 8 heteroatoms. The van der Waals surface area contributed by atoms with Crippen LogP contribution in [0.2, 0.25) is 0 Å². The molecule has 3 aromatic rings. The van der Waals surface area contributed by atoms with Gasteiger partial charge in [-0.1, -0.05) is 12.1 Å². The third kappa shape index (κ3) is 3.42. The Morgan fingerprint density at radius 3 is 3.04 bits per heavy atom. The molecular weight excluding hydrogens is 368 g/mol. The lowest BCUT2D eigenvalue weighted by Crippen LogP contribution is -2.47. The average Bonchev–Trinajstić information content (AvgIpc) is 3.32.